The zero-order valence-electron chi connectivity index (χ0n) is 7.24. The maximum absolute atomic E-state index is 6.36. The summed E-state index contributed by atoms with van der Waals surface area (Å²) in [5, 5.41) is 4.20. The second-order valence-electron chi connectivity index (χ2n) is 2.94. The number of hydrazone groups is 1. The van der Waals surface area contributed by atoms with Gasteiger partial charge in [-0.1, -0.05) is 41.9 Å². The van der Waals surface area contributed by atoms with Crippen LogP contribution in [0.5, 0.6) is 0 Å². The van der Waals surface area contributed by atoms with E-state index in [1.165, 1.54) is 0 Å². The Morgan fingerprint density at radius 1 is 1.21 bits per heavy atom. The van der Waals surface area contributed by atoms with E-state index in [4.69, 9.17) is 23.2 Å². The Hall–Kier alpha value is -0.990. The number of hydrogen-bond acceptors (Lipinski definition) is 2. The Kier molecular flexibility index (Phi) is 2.48. The minimum atomic E-state index is -0.825. The van der Waals surface area contributed by atoms with Crippen LogP contribution >= 0.6 is 23.2 Å². The summed E-state index contributed by atoms with van der Waals surface area (Å²) in [4.78, 5) is -0.825. The van der Waals surface area contributed by atoms with Gasteiger partial charge in [-0.3, -0.25) is 5.43 Å². The lowest BCUT2D eigenvalue weighted by molar-refractivity contribution is 0.880. The minimum absolute atomic E-state index is 0.327. The van der Waals surface area contributed by atoms with Gasteiger partial charge >= 0.3 is 0 Å². The SMILES string of the molecule is ClC1=NNC=CC1(Cl)c1ccccc1. The first-order chi connectivity index (χ1) is 6.73. The van der Waals surface area contributed by atoms with Crippen LogP contribution in [0.4, 0.5) is 0 Å². The molecule has 1 aromatic rings. The van der Waals surface area contributed by atoms with Crippen molar-refractivity contribution in [3.8, 4) is 0 Å². The average molecular weight is 227 g/mol. The van der Waals surface area contributed by atoms with E-state index in [0.717, 1.165) is 5.56 Å². The van der Waals surface area contributed by atoms with Crippen molar-refractivity contribution >= 4 is 28.4 Å². The molecule has 0 saturated carbocycles. The van der Waals surface area contributed by atoms with Gasteiger partial charge in [0.2, 0.25) is 0 Å². The molecule has 0 aliphatic carbocycles. The molecule has 0 radical (unpaired) electrons. The molecule has 1 unspecified atom stereocenters. The molecule has 0 bridgehead atoms. The Bertz CT molecular complexity index is 386. The highest BCUT2D eigenvalue weighted by Crippen LogP contribution is 2.35. The largest absolute Gasteiger partial charge is 0.285 e. The van der Waals surface area contributed by atoms with Crippen LogP contribution in [0.3, 0.4) is 0 Å². The molecule has 1 aromatic carbocycles. The summed E-state index contributed by atoms with van der Waals surface area (Å²) in [7, 11) is 0. The molecule has 1 aliphatic rings. The Morgan fingerprint density at radius 3 is 2.57 bits per heavy atom. The van der Waals surface area contributed by atoms with Crippen LogP contribution in [-0.4, -0.2) is 5.17 Å². The number of rotatable bonds is 1. The van der Waals surface area contributed by atoms with Crippen molar-refractivity contribution < 1.29 is 0 Å². The van der Waals surface area contributed by atoms with Crippen LogP contribution < -0.4 is 5.43 Å². The summed E-state index contributed by atoms with van der Waals surface area (Å²) in [6.45, 7) is 0. The first-order valence-corrected chi connectivity index (χ1v) is 4.90. The van der Waals surface area contributed by atoms with Crippen LogP contribution in [0.1, 0.15) is 5.56 Å². The summed E-state index contributed by atoms with van der Waals surface area (Å²) < 4.78 is 0. The van der Waals surface area contributed by atoms with Gasteiger partial charge in [0.15, 0.2) is 5.17 Å². The normalized spacial score (nSPS) is 25.4. The van der Waals surface area contributed by atoms with Gasteiger partial charge in [0, 0.05) is 6.20 Å². The van der Waals surface area contributed by atoms with Gasteiger partial charge < -0.3 is 0 Å². The van der Waals surface area contributed by atoms with Crippen molar-refractivity contribution in [2.45, 2.75) is 4.87 Å². The smallest absolute Gasteiger partial charge is 0.155 e. The standard InChI is InChI=1S/C10H8Cl2N2/c11-9-10(12,6-7-13-14-9)8-4-2-1-3-5-8/h1-7,13H. The van der Waals surface area contributed by atoms with E-state index in [-0.39, 0.29) is 0 Å². The van der Waals surface area contributed by atoms with Gasteiger partial charge in [0.1, 0.15) is 4.87 Å². The molecule has 72 valence electrons. The van der Waals surface area contributed by atoms with Crippen molar-refractivity contribution in [1.82, 2.24) is 5.43 Å². The van der Waals surface area contributed by atoms with Crippen molar-refractivity contribution in [3.63, 3.8) is 0 Å². The van der Waals surface area contributed by atoms with Crippen LogP contribution in [0, 0.1) is 0 Å². The predicted octanol–water partition coefficient (Wildman–Crippen LogP) is 2.79. The van der Waals surface area contributed by atoms with E-state index in [1.807, 2.05) is 30.3 Å². The number of benzene rings is 1. The second kappa shape index (κ2) is 3.64. The van der Waals surface area contributed by atoms with E-state index in [0.29, 0.717) is 5.17 Å². The topological polar surface area (TPSA) is 24.4 Å². The molecule has 0 saturated heterocycles. The van der Waals surface area contributed by atoms with Crippen LogP contribution in [0.15, 0.2) is 47.7 Å². The number of alkyl halides is 1. The molecular weight excluding hydrogens is 219 g/mol. The number of nitrogens with zero attached hydrogens (tertiary/aromatic N) is 1. The van der Waals surface area contributed by atoms with Crippen LogP contribution in [0.2, 0.25) is 0 Å². The van der Waals surface area contributed by atoms with Gasteiger partial charge in [-0.05, 0) is 11.6 Å². The van der Waals surface area contributed by atoms with Crippen molar-refractivity contribution in [3.05, 3.63) is 48.2 Å². The van der Waals surface area contributed by atoms with Gasteiger partial charge in [-0.25, -0.2) is 0 Å². The number of hydrogen-bond donors (Lipinski definition) is 1. The molecule has 1 aliphatic heterocycles. The zero-order valence-corrected chi connectivity index (χ0v) is 8.76. The fourth-order valence-electron chi connectivity index (χ4n) is 1.29. The second-order valence-corrected chi connectivity index (χ2v) is 3.90. The number of halogens is 2. The lowest BCUT2D eigenvalue weighted by Gasteiger charge is -2.24. The van der Waals surface area contributed by atoms with Crippen LogP contribution in [0.25, 0.3) is 0 Å². The third kappa shape index (κ3) is 1.51. The molecule has 0 fully saturated rings. The summed E-state index contributed by atoms with van der Waals surface area (Å²) in [6, 6.07) is 9.60. The summed E-state index contributed by atoms with van der Waals surface area (Å²) in [5.74, 6) is 0. The zero-order chi connectivity index (χ0) is 10.0. The van der Waals surface area contributed by atoms with E-state index < -0.39 is 4.87 Å². The molecule has 1 heterocycles. The first-order valence-electron chi connectivity index (χ1n) is 4.15. The Labute approximate surface area is 92.2 Å². The maximum atomic E-state index is 6.36. The average Bonchev–Trinajstić information content (AvgIpc) is 2.24. The van der Waals surface area contributed by atoms with Crippen LogP contribution in [-0.2, 0) is 4.87 Å². The lowest BCUT2D eigenvalue weighted by atomic mass is 9.99. The van der Waals surface area contributed by atoms with Gasteiger partial charge in [0.05, 0.1) is 0 Å². The maximum Gasteiger partial charge on any atom is 0.155 e. The monoisotopic (exact) mass is 226 g/mol. The quantitative estimate of drug-likeness (QED) is 0.733. The number of allylic oxidation sites excluding steroid dienone is 1. The molecule has 0 aromatic heterocycles. The summed E-state index contributed by atoms with van der Waals surface area (Å²) in [6.07, 6.45) is 3.45. The summed E-state index contributed by atoms with van der Waals surface area (Å²) >= 11 is 12.3. The highest BCUT2D eigenvalue weighted by Gasteiger charge is 2.33. The van der Waals surface area contributed by atoms with E-state index in [1.54, 1.807) is 12.3 Å². The highest BCUT2D eigenvalue weighted by molar-refractivity contribution is 6.72. The molecule has 1 atom stereocenters. The van der Waals surface area contributed by atoms with Crippen molar-refractivity contribution in [1.29, 1.82) is 0 Å². The molecule has 1 N–H and O–H groups in total. The third-order valence-electron chi connectivity index (χ3n) is 2.04. The van der Waals surface area contributed by atoms with E-state index in [9.17, 15) is 0 Å². The lowest BCUT2D eigenvalue weighted by Crippen LogP contribution is -2.28. The Morgan fingerprint density at radius 2 is 1.93 bits per heavy atom. The highest BCUT2D eigenvalue weighted by atomic mass is 35.5. The first kappa shape index (κ1) is 9.56. The number of nitrogens with one attached hydrogen (secondary N) is 1. The predicted molar refractivity (Wildman–Crippen MR) is 59.5 cm³/mol. The van der Waals surface area contributed by atoms with Crippen molar-refractivity contribution in [2.24, 2.45) is 5.10 Å². The fourth-order valence-corrected chi connectivity index (χ4v) is 1.74. The molecular formula is C10H8Cl2N2. The van der Waals surface area contributed by atoms with Gasteiger partial charge in [-0.15, -0.1) is 11.6 Å². The summed E-state index contributed by atoms with van der Waals surface area (Å²) in [5.41, 5.74) is 3.56. The molecule has 0 spiro atoms. The van der Waals surface area contributed by atoms with E-state index >= 15 is 0 Å². The van der Waals surface area contributed by atoms with Gasteiger partial charge in [0.25, 0.3) is 0 Å². The molecule has 2 rings (SSSR count). The Balaban J connectivity index is 2.46. The van der Waals surface area contributed by atoms with Crippen molar-refractivity contribution in [2.75, 3.05) is 0 Å². The molecule has 2 nitrogen and oxygen atoms in total. The molecule has 4 heteroatoms. The molecule has 0 amide bonds. The molecule has 14 heavy (non-hydrogen) atoms. The fraction of sp³-hybridized carbons (Fsp3) is 0.100. The minimum Gasteiger partial charge on any atom is -0.285 e. The third-order valence-corrected chi connectivity index (χ3v) is 3.05. The van der Waals surface area contributed by atoms with Gasteiger partial charge in [-0.2, -0.15) is 5.10 Å². The van der Waals surface area contributed by atoms with E-state index in [2.05, 4.69) is 10.5 Å².